The molecule has 0 radical (unpaired) electrons. The van der Waals surface area contributed by atoms with Crippen LogP contribution >= 0.6 is 0 Å². The van der Waals surface area contributed by atoms with Gasteiger partial charge in [0.25, 0.3) is 0 Å². The fourth-order valence-corrected chi connectivity index (χ4v) is 4.44. The molecule has 1 N–H and O–H groups in total. The number of ether oxygens (including phenoxy) is 3. The third-order valence-electron chi connectivity index (χ3n) is 5.39. The number of aromatic nitrogens is 6. The number of hydrogen-bond acceptors (Lipinski definition) is 10. The van der Waals surface area contributed by atoms with Crippen LogP contribution in [0.1, 0.15) is 12.7 Å². The average molecular weight is 530 g/mol. The third-order valence-corrected chi connectivity index (χ3v) is 7.08. The average Bonchev–Trinajstić information content (AvgIpc) is 3.31. The van der Waals surface area contributed by atoms with Crippen LogP contribution in [0.3, 0.4) is 0 Å². The molecule has 37 heavy (non-hydrogen) atoms. The van der Waals surface area contributed by atoms with E-state index in [0.717, 1.165) is 12.4 Å². The van der Waals surface area contributed by atoms with Gasteiger partial charge in [-0.2, -0.15) is 0 Å². The number of pyridine rings is 1. The zero-order valence-corrected chi connectivity index (χ0v) is 21.2. The largest absolute Gasteiger partial charge is 0.497 e. The number of para-hydroxylation sites is 1. The molecule has 0 aliphatic rings. The molecule has 0 spiro atoms. The number of rotatable bonds is 10. The minimum atomic E-state index is -4.05. The molecule has 0 bridgehead atoms. The predicted octanol–water partition coefficient (Wildman–Crippen LogP) is 2.66. The lowest BCUT2D eigenvalue weighted by Crippen LogP contribution is -2.29. The molecule has 4 aromatic rings. The van der Waals surface area contributed by atoms with E-state index in [0.29, 0.717) is 28.6 Å². The lowest BCUT2D eigenvalue weighted by Gasteiger charge is -2.19. The van der Waals surface area contributed by atoms with E-state index in [-0.39, 0.29) is 24.0 Å². The first-order chi connectivity index (χ1) is 17.8. The molecule has 1 atom stereocenters. The molecule has 1 aromatic carbocycles. The molecule has 4 rings (SSSR count). The van der Waals surface area contributed by atoms with Gasteiger partial charge in [-0.15, -0.1) is 10.2 Å². The molecule has 14 heteroatoms. The summed E-state index contributed by atoms with van der Waals surface area (Å²) in [7, 11) is 0.412. The van der Waals surface area contributed by atoms with E-state index < -0.39 is 21.1 Å². The molecule has 0 saturated heterocycles. The molecule has 0 aliphatic heterocycles. The molecule has 12 nitrogen and oxygen atoms in total. The van der Waals surface area contributed by atoms with Gasteiger partial charge >= 0.3 is 0 Å². The van der Waals surface area contributed by atoms with Gasteiger partial charge in [-0.25, -0.2) is 22.8 Å². The Morgan fingerprint density at radius 2 is 1.68 bits per heavy atom. The predicted molar refractivity (Wildman–Crippen MR) is 132 cm³/mol. The van der Waals surface area contributed by atoms with Gasteiger partial charge < -0.3 is 14.2 Å². The van der Waals surface area contributed by atoms with Crippen molar-refractivity contribution in [1.82, 2.24) is 29.7 Å². The van der Waals surface area contributed by atoms with E-state index in [2.05, 4.69) is 29.9 Å². The summed E-state index contributed by atoms with van der Waals surface area (Å²) < 4.78 is 60.1. The second-order valence-corrected chi connectivity index (χ2v) is 9.85. The molecule has 0 unspecified atom stereocenters. The second kappa shape index (κ2) is 10.7. The quantitative estimate of drug-likeness (QED) is 0.326. The Morgan fingerprint density at radius 3 is 2.30 bits per heavy atom. The van der Waals surface area contributed by atoms with E-state index in [1.165, 1.54) is 39.0 Å². The number of hydrogen-bond donors (Lipinski definition) is 1. The summed E-state index contributed by atoms with van der Waals surface area (Å²) in [6, 6.07) is 8.40. The SMILES string of the molecule is COc1ccnc(-c2nnc(NS(=O)(=O)[C@H](C)Cc3ncc(F)cn3)n2-c2c(OC)cccc2OC)c1. The summed E-state index contributed by atoms with van der Waals surface area (Å²) in [5.41, 5.74) is 0.711. The van der Waals surface area contributed by atoms with Crippen LogP contribution in [0.4, 0.5) is 10.3 Å². The fourth-order valence-electron chi connectivity index (χ4n) is 3.48. The number of methoxy groups -OCH3 is 3. The number of halogens is 1. The highest BCUT2D eigenvalue weighted by molar-refractivity contribution is 7.93. The van der Waals surface area contributed by atoms with Crippen molar-refractivity contribution in [3.63, 3.8) is 0 Å². The lowest BCUT2D eigenvalue weighted by molar-refractivity contribution is 0.391. The van der Waals surface area contributed by atoms with Crippen molar-refractivity contribution in [3.8, 4) is 34.5 Å². The van der Waals surface area contributed by atoms with Crippen LogP contribution in [0.15, 0.2) is 48.9 Å². The van der Waals surface area contributed by atoms with Crippen molar-refractivity contribution >= 4 is 16.0 Å². The zero-order valence-electron chi connectivity index (χ0n) is 20.4. The van der Waals surface area contributed by atoms with Crippen LogP contribution in [0.25, 0.3) is 17.2 Å². The van der Waals surface area contributed by atoms with Crippen LogP contribution in [-0.4, -0.2) is 64.7 Å². The minimum Gasteiger partial charge on any atom is -0.497 e. The summed E-state index contributed by atoms with van der Waals surface area (Å²) in [6.45, 7) is 1.48. The first kappa shape index (κ1) is 25.8. The van der Waals surface area contributed by atoms with Gasteiger partial charge in [0.2, 0.25) is 16.0 Å². The van der Waals surface area contributed by atoms with Crippen LogP contribution < -0.4 is 18.9 Å². The Bertz CT molecular complexity index is 1470. The summed E-state index contributed by atoms with van der Waals surface area (Å²) in [5.74, 6) is 0.890. The molecule has 0 aliphatic carbocycles. The molecular weight excluding hydrogens is 505 g/mol. The second-order valence-electron chi connectivity index (χ2n) is 7.75. The molecule has 0 amide bonds. The van der Waals surface area contributed by atoms with Gasteiger partial charge in [-0.05, 0) is 25.1 Å². The normalized spacial score (nSPS) is 12.1. The number of sulfonamides is 1. The topological polar surface area (TPSA) is 143 Å². The summed E-state index contributed by atoms with van der Waals surface area (Å²) in [5, 5.41) is 7.33. The summed E-state index contributed by atoms with van der Waals surface area (Å²) in [6.07, 6.45) is 3.42. The Kier molecular flexibility index (Phi) is 7.47. The van der Waals surface area contributed by atoms with Crippen molar-refractivity contribution in [2.24, 2.45) is 0 Å². The van der Waals surface area contributed by atoms with E-state index in [1.807, 2.05) is 0 Å². The Morgan fingerprint density at radius 1 is 1.00 bits per heavy atom. The standard InChI is InChI=1S/C23H24FN7O5S/c1-14(10-20-26-12-15(24)13-27-20)37(32,33)30-23-29-28-22(17-11-16(34-2)8-9-25-17)31(23)21-18(35-3)6-5-7-19(21)36-4/h5-9,11-14H,10H2,1-4H3,(H,29,30)/t14-/m1/s1. The van der Waals surface area contributed by atoms with Gasteiger partial charge in [0.15, 0.2) is 11.6 Å². The summed E-state index contributed by atoms with van der Waals surface area (Å²) >= 11 is 0. The van der Waals surface area contributed by atoms with Crippen molar-refractivity contribution in [2.75, 3.05) is 26.1 Å². The highest BCUT2D eigenvalue weighted by Gasteiger charge is 2.29. The molecular formula is C23H24FN7O5S. The van der Waals surface area contributed by atoms with E-state index in [1.54, 1.807) is 30.3 Å². The Hall–Kier alpha value is -4.33. The number of benzene rings is 1. The van der Waals surface area contributed by atoms with Crippen LogP contribution in [0, 0.1) is 5.82 Å². The molecule has 194 valence electrons. The van der Waals surface area contributed by atoms with Gasteiger partial charge in [0.1, 0.15) is 34.5 Å². The zero-order chi connectivity index (χ0) is 26.6. The van der Waals surface area contributed by atoms with E-state index >= 15 is 0 Å². The van der Waals surface area contributed by atoms with Gasteiger partial charge in [-0.1, -0.05) is 6.07 Å². The molecule has 0 saturated carbocycles. The monoisotopic (exact) mass is 529 g/mol. The maximum absolute atomic E-state index is 13.3. The molecule has 0 fully saturated rings. The van der Waals surface area contributed by atoms with Crippen LogP contribution in [0.5, 0.6) is 17.2 Å². The summed E-state index contributed by atoms with van der Waals surface area (Å²) in [4.78, 5) is 12.0. The van der Waals surface area contributed by atoms with E-state index in [9.17, 15) is 12.8 Å². The van der Waals surface area contributed by atoms with Gasteiger partial charge in [-0.3, -0.25) is 14.3 Å². The first-order valence-electron chi connectivity index (χ1n) is 10.9. The molecule has 3 heterocycles. The van der Waals surface area contributed by atoms with Crippen LogP contribution in [-0.2, 0) is 16.4 Å². The first-order valence-corrected chi connectivity index (χ1v) is 12.5. The highest BCUT2D eigenvalue weighted by Crippen LogP contribution is 2.37. The Balaban J connectivity index is 1.82. The van der Waals surface area contributed by atoms with Crippen molar-refractivity contribution in [2.45, 2.75) is 18.6 Å². The fraction of sp³-hybridized carbons (Fsp3) is 0.261. The van der Waals surface area contributed by atoms with Crippen molar-refractivity contribution in [3.05, 3.63) is 60.6 Å². The minimum absolute atomic E-state index is 0.0635. The third kappa shape index (κ3) is 5.43. The van der Waals surface area contributed by atoms with Gasteiger partial charge in [0.05, 0.1) is 39.0 Å². The smallest absolute Gasteiger partial charge is 0.243 e. The van der Waals surface area contributed by atoms with Crippen molar-refractivity contribution < 1.29 is 27.0 Å². The van der Waals surface area contributed by atoms with E-state index in [4.69, 9.17) is 14.2 Å². The number of anilines is 1. The maximum atomic E-state index is 13.3. The van der Waals surface area contributed by atoms with Gasteiger partial charge in [0, 0.05) is 18.7 Å². The molecule has 3 aromatic heterocycles. The number of nitrogens with zero attached hydrogens (tertiary/aromatic N) is 6. The van der Waals surface area contributed by atoms with Crippen LogP contribution in [0.2, 0.25) is 0 Å². The maximum Gasteiger partial charge on any atom is 0.243 e. The Labute approximate surface area is 212 Å². The van der Waals surface area contributed by atoms with Crippen molar-refractivity contribution in [1.29, 1.82) is 0 Å². The highest BCUT2D eigenvalue weighted by atomic mass is 32.2. The lowest BCUT2D eigenvalue weighted by atomic mass is 10.2. The number of nitrogens with one attached hydrogen (secondary N) is 1.